The molecule has 2 aromatic rings. The Morgan fingerprint density at radius 3 is 2.65 bits per heavy atom. The van der Waals surface area contributed by atoms with E-state index in [0.717, 1.165) is 47.6 Å². The van der Waals surface area contributed by atoms with Gasteiger partial charge in [0.1, 0.15) is 11.3 Å². The van der Waals surface area contributed by atoms with Crippen molar-refractivity contribution < 1.29 is 9.53 Å². The first-order valence-electron chi connectivity index (χ1n) is 9.33. The van der Waals surface area contributed by atoms with E-state index in [2.05, 4.69) is 28.3 Å². The minimum atomic E-state index is -0.483. The molecule has 1 saturated heterocycles. The molecule has 1 N–H and O–H groups in total. The van der Waals surface area contributed by atoms with Crippen LogP contribution >= 0.6 is 0 Å². The van der Waals surface area contributed by atoms with E-state index in [1.54, 1.807) is 0 Å². The van der Waals surface area contributed by atoms with Crippen molar-refractivity contribution >= 4 is 6.09 Å². The van der Waals surface area contributed by atoms with Crippen molar-refractivity contribution in [1.82, 2.24) is 24.9 Å². The van der Waals surface area contributed by atoms with Crippen molar-refractivity contribution in [2.45, 2.75) is 78.1 Å². The van der Waals surface area contributed by atoms with Gasteiger partial charge in [-0.25, -0.2) is 9.48 Å². The summed E-state index contributed by atoms with van der Waals surface area (Å²) in [4.78, 5) is 18.1. The van der Waals surface area contributed by atoms with Gasteiger partial charge in [-0.1, -0.05) is 5.21 Å². The Bertz CT molecular complexity index is 845. The maximum atomic E-state index is 12.8. The summed E-state index contributed by atoms with van der Waals surface area (Å²) in [5, 5.41) is 8.87. The van der Waals surface area contributed by atoms with Crippen LogP contribution in [0.1, 0.15) is 50.7 Å². The molecule has 0 saturated carbocycles. The maximum absolute atomic E-state index is 12.8. The summed E-state index contributed by atoms with van der Waals surface area (Å²) in [6.07, 6.45) is 2.54. The third kappa shape index (κ3) is 2.89. The van der Waals surface area contributed by atoms with Crippen LogP contribution in [0.4, 0.5) is 4.79 Å². The lowest BCUT2D eigenvalue weighted by Gasteiger charge is -2.30. The van der Waals surface area contributed by atoms with Crippen molar-refractivity contribution in [1.29, 1.82) is 0 Å². The van der Waals surface area contributed by atoms with Crippen molar-refractivity contribution in [2.24, 2.45) is 0 Å². The molecule has 140 valence electrons. The van der Waals surface area contributed by atoms with Gasteiger partial charge in [0, 0.05) is 29.4 Å². The number of amides is 1. The molecule has 7 nitrogen and oxygen atoms in total. The van der Waals surface area contributed by atoms with Gasteiger partial charge < -0.3 is 9.72 Å². The average Bonchev–Trinajstić information content (AvgIpc) is 3.13. The van der Waals surface area contributed by atoms with Crippen molar-refractivity contribution in [3.05, 3.63) is 23.1 Å². The van der Waals surface area contributed by atoms with Crippen LogP contribution in [0, 0.1) is 13.8 Å². The number of aromatic nitrogens is 4. The largest absolute Gasteiger partial charge is 0.444 e. The summed E-state index contributed by atoms with van der Waals surface area (Å²) >= 11 is 0. The molecular weight excluding hydrogens is 330 g/mol. The number of hydrogen-bond acceptors (Lipinski definition) is 4. The van der Waals surface area contributed by atoms with Crippen LogP contribution in [0.2, 0.25) is 0 Å². The second-order valence-electron chi connectivity index (χ2n) is 8.53. The molecule has 0 spiro atoms. The number of fused-ring (bicyclic) bond motifs is 3. The SMILES string of the molecule is Cc1cc(-c2nnn3c2C[C@H]2CC[C@@H](C3)N2C(=O)OC(C)(C)C)c(C)[nH]1. The highest BCUT2D eigenvalue weighted by Crippen LogP contribution is 2.36. The molecule has 2 atom stereocenters. The van der Waals surface area contributed by atoms with Crippen LogP contribution in [0.15, 0.2) is 6.07 Å². The predicted octanol–water partition coefficient (Wildman–Crippen LogP) is 3.21. The molecule has 0 radical (unpaired) electrons. The number of carbonyl (C=O) groups is 1. The van der Waals surface area contributed by atoms with E-state index in [4.69, 9.17) is 4.74 Å². The molecule has 4 rings (SSSR count). The van der Waals surface area contributed by atoms with Crippen molar-refractivity contribution in [3.63, 3.8) is 0 Å². The van der Waals surface area contributed by atoms with E-state index in [9.17, 15) is 4.79 Å². The lowest BCUT2D eigenvalue weighted by atomic mass is 10.0. The highest BCUT2D eigenvalue weighted by molar-refractivity contribution is 5.70. The standard InChI is InChI=1S/C19H27N5O2/c1-11-8-15(12(2)20-11)17-16-9-13-6-7-14(10-23(16)22-21-17)24(13)18(25)26-19(3,4)5/h8,13-14,20H,6-7,9-10H2,1-5H3/t13-,14+/m1/s1. The predicted molar refractivity (Wildman–Crippen MR) is 97.9 cm³/mol. The fraction of sp³-hybridized carbons (Fsp3) is 0.632. The van der Waals surface area contributed by atoms with Gasteiger partial charge >= 0.3 is 6.09 Å². The molecule has 0 aromatic carbocycles. The summed E-state index contributed by atoms with van der Waals surface area (Å²) in [7, 11) is 0. The summed E-state index contributed by atoms with van der Waals surface area (Å²) in [5.41, 5.74) is 4.89. The van der Waals surface area contributed by atoms with Gasteiger partial charge in [0.2, 0.25) is 0 Å². The molecule has 4 heterocycles. The fourth-order valence-electron chi connectivity index (χ4n) is 4.24. The third-order valence-electron chi connectivity index (χ3n) is 5.28. The molecule has 2 aliphatic rings. The van der Waals surface area contributed by atoms with Gasteiger partial charge in [-0.3, -0.25) is 4.90 Å². The smallest absolute Gasteiger partial charge is 0.410 e. The number of hydrogen-bond donors (Lipinski definition) is 1. The highest BCUT2D eigenvalue weighted by Gasteiger charge is 2.43. The summed E-state index contributed by atoms with van der Waals surface area (Å²) in [6.45, 7) is 10.5. The minimum absolute atomic E-state index is 0.125. The second-order valence-corrected chi connectivity index (χ2v) is 8.53. The lowest BCUT2D eigenvalue weighted by Crippen LogP contribution is -2.44. The summed E-state index contributed by atoms with van der Waals surface area (Å²) < 4.78 is 7.65. The van der Waals surface area contributed by atoms with E-state index < -0.39 is 5.60 Å². The number of carbonyl (C=O) groups excluding carboxylic acids is 1. The fourth-order valence-corrected chi connectivity index (χ4v) is 4.24. The second kappa shape index (κ2) is 5.86. The normalized spacial score (nSPS) is 22.3. The lowest BCUT2D eigenvalue weighted by molar-refractivity contribution is 0.0145. The number of H-pyrrole nitrogens is 1. The van der Waals surface area contributed by atoms with E-state index in [1.807, 2.05) is 37.3 Å². The molecule has 1 fully saturated rings. The third-order valence-corrected chi connectivity index (χ3v) is 5.28. The van der Waals surface area contributed by atoms with Gasteiger partial charge in [0.25, 0.3) is 0 Å². The van der Waals surface area contributed by atoms with E-state index in [0.29, 0.717) is 6.54 Å². The number of aromatic amines is 1. The summed E-state index contributed by atoms with van der Waals surface area (Å²) in [6, 6.07) is 2.39. The first-order valence-corrected chi connectivity index (χ1v) is 9.33. The number of nitrogens with one attached hydrogen (secondary N) is 1. The van der Waals surface area contributed by atoms with E-state index in [-0.39, 0.29) is 18.2 Å². The Labute approximate surface area is 153 Å². The summed E-state index contributed by atoms with van der Waals surface area (Å²) in [5.74, 6) is 0. The Morgan fingerprint density at radius 1 is 1.27 bits per heavy atom. The average molecular weight is 357 g/mol. The van der Waals surface area contributed by atoms with Crippen LogP contribution < -0.4 is 0 Å². The Morgan fingerprint density at radius 2 is 2.00 bits per heavy atom. The van der Waals surface area contributed by atoms with Gasteiger partial charge in [-0.15, -0.1) is 5.10 Å². The highest BCUT2D eigenvalue weighted by atomic mass is 16.6. The molecule has 7 heteroatoms. The van der Waals surface area contributed by atoms with Gasteiger partial charge in [0.15, 0.2) is 0 Å². The zero-order valence-corrected chi connectivity index (χ0v) is 16.2. The Hall–Kier alpha value is -2.31. The van der Waals surface area contributed by atoms with Gasteiger partial charge in [-0.2, -0.15) is 0 Å². The van der Waals surface area contributed by atoms with E-state index in [1.165, 1.54) is 0 Å². The number of rotatable bonds is 1. The molecule has 26 heavy (non-hydrogen) atoms. The van der Waals surface area contributed by atoms with Crippen LogP contribution in [-0.2, 0) is 17.7 Å². The van der Waals surface area contributed by atoms with Crippen molar-refractivity contribution in [3.8, 4) is 11.3 Å². The van der Waals surface area contributed by atoms with Crippen LogP contribution in [0.5, 0.6) is 0 Å². The molecule has 2 aliphatic heterocycles. The molecule has 2 bridgehead atoms. The quantitative estimate of drug-likeness (QED) is 0.850. The van der Waals surface area contributed by atoms with Gasteiger partial charge in [-0.05, 0) is 53.5 Å². The van der Waals surface area contributed by atoms with Crippen molar-refractivity contribution in [2.75, 3.05) is 0 Å². The Kier molecular flexibility index (Phi) is 3.86. The molecule has 1 amide bonds. The van der Waals surface area contributed by atoms with Crippen LogP contribution in [-0.4, -0.2) is 48.7 Å². The Balaban J connectivity index is 1.66. The molecular formula is C19H27N5O2. The maximum Gasteiger partial charge on any atom is 0.410 e. The zero-order valence-electron chi connectivity index (χ0n) is 16.2. The first-order chi connectivity index (χ1) is 12.2. The van der Waals surface area contributed by atoms with Gasteiger partial charge in [0.05, 0.1) is 18.3 Å². The number of ether oxygens (including phenoxy) is 1. The number of nitrogens with zero attached hydrogens (tertiary/aromatic N) is 4. The monoisotopic (exact) mass is 357 g/mol. The molecule has 0 unspecified atom stereocenters. The van der Waals surface area contributed by atoms with Crippen LogP contribution in [0.25, 0.3) is 11.3 Å². The first kappa shape index (κ1) is 17.1. The number of aryl methyl sites for hydroxylation is 2. The molecule has 2 aromatic heterocycles. The van der Waals surface area contributed by atoms with E-state index >= 15 is 0 Å². The zero-order chi connectivity index (χ0) is 18.6. The molecule has 0 aliphatic carbocycles. The van der Waals surface area contributed by atoms with Crippen LogP contribution in [0.3, 0.4) is 0 Å². The topological polar surface area (TPSA) is 76.0 Å². The minimum Gasteiger partial charge on any atom is -0.444 e.